The van der Waals surface area contributed by atoms with Crippen LogP contribution in [0.5, 0.6) is 5.75 Å². The maximum atomic E-state index is 11.8. The van der Waals surface area contributed by atoms with Gasteiger partial charge in [-0.25, -0.2) is 17.9 Å². The fourth-order valence-corrected chi connectivity index (χ4v) is 2.75. The van der Waals surface area contributed by atoms with Gasteiger partial charge >= 0.3 is 5.97 Å². The predicted octanol–water partition coefficient (Wildman–Crippen LogP) is 0.0724. The van der Waals surface area contributed by atoms with Gasteiger partial charge in [0.25, 0.3) is 0 Å². The van der Waals surface area contributed by atoms with E-state index in [0.717, 1.165) is 0 Å². The summed E-state index contributed by atoms with van der Waals surface area (Å²) in [7, 11) is -2.60. The summed E-state index contributed by atoms with van der Waals surface area (Å²) in [4.78, 5) is 10.1. The van der Waals surface area contributed by atoms with Gasteiger partial charge < -0.3 is 14.9 Å². The summed E-state index contributed by atoms with van der Waals surface area (Å²) in [5.41, 5.74) is 0. The average molecular weight is 310 g/mol. The number of hydrogen-bond donors (Lipinski definition) is 3. The lowest BCUT2D eigenvalue weighted by Gasteiger charge is -2.10. The van der Waals surface area contributed by atoms with E-state index >= 15 is 0 Å². The minimum Gasteiger partial charge on any atom is -0.497 e. The highest BCUT2D eigenvalue weighted by molar-refractivity contribution is 7.89. The Morgan fingerprint density at radius 3 is 2.63 bits per heavy atom. The van der Waals surface area contributed by atoms with E-state index < -0.39 is 28.6 Å². The van der Waals surface area contributed by atoms with Crippen LogP contribution in [0.1, 0.15) is 0 Å². The molecule has 1 aromatic carbocycles. The number of methoxy groups -OCH3 is 1. The zero-order chi connectivity index (χ0) is 14.6. The first-order chi connectivity index (χ1) is 8.77. The predicted molar refractivity (Wildman–Crippen MR) is 66.8 cm³/mol. The lowest BCUT2D eigenvalue weighted by Crippen LogP contribution is -2.36. The lowest BCUT2D eigenvalue weighted by molar-refractivity contribution is -0.146. The highest BCUT2D eigenvalue weighted by Gasteiger charge is 2.21. The number of nitrogens with one attached hydrogen (secondary N) is 1. The molecule has 9 heteroatoms. The van der Waals surface area contributed by atoms with Crippen LogP contribution in [-0.4, -0.2) is 44.4 Å². The van der Waals surface area contributed by atoms with Crippen LogP contribution < -0.4 is 9.46 Å². The molecule has 106 valence electrons. The number of halogens is 1. The Bertz CT molecular complexity index is 573. The summed E-state index contributed by atoms with van der Waals surface area (Å²) < 4.78 is 30.5. The molecule has 0 aliphatic rings. The van der Waals surface area contributed by atoms with Gasteiger partial charge in [0.2, 0.25) is 10.0 Å². The molecule has 1 unspecified atom stereocenters. The fraction of sp³-hybridized carbons (Fsp3) is 0.300. The summed E-state index contributed by atoms with van der Waals surface area (Å²) in [6, 6.07) is 3.93. The monoisotopic (exact) mass is 309 g/mol. The van der Waals surface area contributed by atoms with Crippen LogP contribution in [-0.2, 0) is 14.8 Å². The summed E-state index contributed by atoms with van der Waals surface area (Å²) in [6.07, 6.45) is -1.83. The molecule has 0 aromatic heterocycles. The SMILES string of the molecule is COc1ccc(S(=O)(=O)NCC(O)C(=O)O)c(Cl)c1. The van der Waals surface area contributed by atoms with Crippen LogP contribution in [0.3, 0.4) is 0 Å². The van der Waals surface area contributed by atoms with E-state index in [9.17, 15) is 13.2 Å². The molecule has 0 saturated carbocycles. The smallest absolute Gasteiger partial charge is 0.333 e. The second-order valence-electron chi connectivity index (χ2n) is 3.50. The van der Waals surface area contributed by atoms with Gasteiger partial charge in [0.15, 0.2) is 6.10 Å². The minimum absolute atomic E-state index is 0.0725. The number of rotatable bonds is 6. The highest BCUT2D eigenvalue weighted by Crippen LogP contribution is 2.25. The van der Waals surface area contributed by atoms with Gasteiger partial charge in [-0.3, -0.25) is 0 Å². The molecule has 0 amide bonds. The van der Waals surface area contributed by atoms with Crippen LogP contribution >= 0.6 is 11.6 Å². The van der Waals surface area contributed by atoms with E-state index in [2.05, 4.69) is 0 Å². The van der Waals surface area contributed by atoms with Crippen molar-refractivity contribution < 1.29 is 28.2 Å². The Balaban J connectivity index is 2.92. The first-order valence-corrected chi connectivity index (χ1v) is 6.88. The molecular formula is C10H12ClNO6S. The summed E-state index contributed by atoms with van der Waals surface area (Å²) in [5.74, 6) is -1.14. The molecule has 0 bridgehead atoms. The van der Waals surface area contributed by atoms with E-state index in [1.54, 1.807) is 0 Å². The number of aliphatic hydroxyl groups is 1. The van der Waals surface area contributed by atoms with E-state index in [1.165, 1.54) is 25.3 Å². The van der Waals surface area contributed by atoms with Gasteiger partial charge in [-0.2, -0.15) is 0 Å². The van der Waals surface area contributed by atoms with Gasteiger partial charge in [0.05, 0.1) is 12.1 Å². The topological polar surface area (TPSA) is 113 Å². The van der Waals surface area contributed by atoms with Gasteiger partial charge in [0, 0.05) is 12.6 Å². The van der Waals surface area contributed by atoms with Crippen molar-refractivity contribution in [2.75, 3.05) is 13.7 Å². The summed E-state index contributed by atoms with van der Waals surface area (Å²) in [5, 5.41) is 17.4. The van der Waals surface area contributed by atoms with E-state index in [1.807, 2.05) is 4.72 Å². The molecular weight excluding hydrogens is 298 g/mol. The molecule has 1 rings (SSSR count). The van der Waals surface area contributed by atoms with Crippen molar-refractivity contribution in [2.24, 2.45) is 0 Å². The van der Waals surface area contributed by atoms with Crippen LogP contribution in [0.2, 0.25) is 5.02 Å². The van der Waals surface area contributed by atoms with E-state index in [-0.39, 0.29) is 9.92 Å². The fourth-order valence-electron chi connectivity index (χ4n) is 1.18. The largest absolute Gasteiger partial charge is 0.497 e. The molecule has 3 N–H and O–H groups in total. The second kappa shape index (κ2) is 6.20. The highest BCUT2D eigenvalue weighted by atomic mass is 35.5. The molecule has 0 fully saturated rings. The van der Waals surface area contributed by atoms with Crippen molar-refractivity contribution in [3.63, 3.8) is 0 Å². The van der Waals surface area contributed by atoms with Gasteiger partial charge in [0.1, 0.15) is 10.6 Å². The van der Waals surface area contributed by atoms with Crippen molar-refractivity contribution in [2.45, 2.75) is 11.0 Å². The standard InChI is InChI=1S/C10H12ClNO6S/c1-18-6-2-3-9(7(11)4-6)19(16,17)12-5-8(13)10(14)15/h2-4,8,12-13H,5H2,1H3,(H,14,15). The normalized spacial score (nSPS) is 13.0. The van der Waals surface area contributed by atoms with Crippen molar-refractivity contribution in [3.8, 4) is 5.75 Å². The molecule has 0 saturated heterocycles. The zero-order valence-corrected chi connectivity index (χ0v) is 11.4. The van der Waals surface area contributed by atoms with Crippen LogP contribution in [0, 0.1) is 0 Å². The number of aliphatic hydroxyl groups excluding tert-OH is 1. The second-order valence-corrected chi connectivity index (χ2v) is 5.64. The first kappa shape index (κ1) is 15.7. The van der Waals surface area contributed by atoms with Crippen molar-refractivity contribution in [3.05, 3.63) is 23.2 Å². The Morgan fingerprint density at radius 1 is 1.53 bits per heavy atom. The van der Waals surface area contributed by atoms with Crippen LogP contribution in [0.4, 0.5) is 0 Å². The molecule has 7 nitrogen and oxygen atoms in total. The van der Waals surface area contributed by atoms with E-state index in [0.29, 0.717) is 5.75 Å². The number of sulfonamides is 1. The van der Waals surface area contributed by atoms with Gasteiger partial charge in [-0.15, -0.1) is 0 Å². The maximum absolute atomic E-state index is 11.8. The Labute approximate surface area is 114 Å². The summed E-state index contributed by atoms with van der Waals surface area (Å²) >= 11 is 5.79. The molecule has 1 atom stereocenters. The molecule has 1 aromatic rings. The minimum atomic E-state index is -4.01. The summed E-state index contributed by atoms with van der Waals surface area (Å²) in [6.45, 7) is -0.653. The maximum Gasteiger partial charge on any atom is 0.333 e. The Hall–Kier alpha value is -1.35. The van der Waals surface area contributed by atoms with Crippen molar-refractivity contribution in [1.82, 2.24) is 4.72 Å². The quantitative estimate of drug-likeness (QED) is 0.685. The Morgan fingerprint density at radius 2 is 2.16 bits per heavy atom. The molecule has 0 spiro atoms. The lowest BCUT2D eigenvalue weighted by atomic mass is 10.3. The number of benzene rings is 1. The third kappa shape index (κ3) is 4.06. The number of carboxylic acid groups (broad SMARTS) is 1. The average Bonchev–Trinajstić information content (AvgIpc) is 2.35. The Kier molecular flexibility index (Phi) is 5.12. The number of carbonyl (C=O) groups is 1. The third-order valence-electron chi connectivity index (χ3n) is 2.18. The number of aliphatic carboxylic acids is 1. The van der Waals surface area contributed by atoms with Crippen LogP contribution in [0.25, 0.3) is 0 Å². The molecule has 0 radical (unpaired) electrons. The van der Waals surface area contributed by atoms with E-state index in [4.69, 9.17) is 26.6 Å². The first-order valence-electron chi connectivity index (χ1n) is 5.02. The molecule has 19 heavy (non-hydrogen) atoms. The van der Waals surface area contributed by atoms with Gasteiger partial charge in [-0.05, 0) is 12.1 Å². The van der Waals surface area contributed by atoms with Gasteiger partial charge in [-0.1, -0.05) is 11.6 Å². The van der Waals surface area contributed by atoms with Crippen molar-refractivity contribution >= 4 is 27.6 Å². The van der Waals surface area contributed by atoms with Crippen LogP contribution in [0.15, 0.2) is 23.1 Å². The zero-order valence-electron chi connectivity index (χ0n) is 9.83. The number of ether oxygens (including phenoxy) is 1. The molecule has 0 heterocycles. The van der Waals surface area contributed by atoms with Crippen molar-refractivity contribution in [1.29, 1.82) is 0 Å². The molecule has 0 aliphatic heterocycles. The third-order valence-corrected chi connectivity index (χ3v) is 4.09. The number of carboxylic acids is 1. The molecule has 0 aliphatic carbocycles. The number of hydrogen-bond acceptors (Lipinski definition) is 5.